The number of nitrogens with zero attached hydrogens (tertiary/aromatic N) is 1. The second kappa shape index (κ2) is 11.6. The van der Waals surface area contributed by atoms with Gasteiger partial charge in [-0.3, -0.25) is 14.5 Å². The van der Waals surface area contributed by atoms with Gasteiger partial charge in [-0.05, 0) is 62.8 Å². The molecule has 0 aromatic heterocycles. The van der Waals surface area contributed by atoms with Crippen LogP contribution in [-0.2, 0) is 9.57 Å². The Kier molecular flexibility index (Phi) is 9.13. The van der Waals surface area contributed by atoms with Crippen molar-refractivity contribution in [3.63, 3.8) is 0 Å². The van der Waals surface area contributed by atoms with Crippen molar-refractivity contribution in [1.82, 2.24) is 10.4 Å². The van der Waals surface area contributed by atoms with Crippen LogP contribution in [0.15, 0.2) is 28.7 Å². The first-order valence-corrected chi connectivity index (χ1v) is 11.4. The molecule has 1 atom stereocenters. The Hall–Kier alpha value is -1.45. The molecule has 0 saturated carbocycles. The van der Waals surface area contributed by atoms with Crippen molar-refractivity contribution in [3.8, 4) is 0 Å². The van der Waals surface area contributed by atoms with Crippen LogP contribution in [0.4, 0.5) is 24.5 Å². The number of hydroxylamine groups is 1. The quantitative estimate of drug-likeness (QED) is 0.235. The van der Waals surface area contributed by atoms with Crippen LogP contribution in [0.2, 0.25) is 0 Å². The average molecular weight is 630 g/mol. The van der Waals surface area contributed by atoms with E-state index >= 15 is 0 Å². The molecule has 0 bridgehead atoms. The number of hydrogen-bond acceptors (Lipinski definition) is 6. The fourth-order valence-electron chi connectivity index (χ4n) is 3.01. The summed E-state index contributed by atoms with van der Waals surface area (Å²) in [5.41, 5.74) is 1.09. The summed E-state index contributed by atoms with van der Waals surface area (Å²) < 4.78 is 48.5. The Morgan fingerprint density at radius 3 is 2.66 bits per heavy atom. The summed E-state index contributed by atoms with van der Waals surface area (Å²) in [6.07, 6.45) is -0.886. The molecule has 1 saturated heterocycles. The molecule has 1 heterocycles. The van der Waals surface area contributed by atoms with E-state index in [0.717, 1.165) is 6.07 Å². The van der Waals surface area contributed by atoms with Gasteiger partial charge in [-0.2, -0.15) is 0 Å². The van der Waals surface area contributed by atoms with Crippen LogP contribution in [0.1, 0.15) is 10.4 Å². The fourth-order valence-corrected chi connectivity index (χ4v) is 3.87. The highest BCUT2D eigenvalue weighted by atomic mass is 127. The molecule has 32 heavy (non-hydrogen) atoms. The van der Waals surface area contributed by atoms with E-state index in [1.54, 1.807) is 6.07 Å². The standard InChI is InChI=1S/C20H20BrF3IN3O4/c21-14-8-13(20(30)27-32-10-12(29)9-28-3-5-31-6-4-28)19(18(24)17(14)23)26-16-2-1-11(25)7-15(16)22/h1-2,7-8,12,26,29H,3-6,9-10H2,(H,27,30). The van der Waals surface area contributed by atoms with Gasteiger partial charge in [0.1, 0.15) is 12.4 Å². The number of carbonyl (C=O) groups excluding carboxylic acids is 1. The molecule has 2 aromatic rings. The van der Waals surface area contributed by atoms with Crippen LogP contribution in [0.3, 0.4) is 0 Å². The molecule has 3 rings (SSSR count). The van der Waals surface area contributed by atoms with Gasteiger partial charge in [-0.25, -0.2) is 18.7 Å². The fraction of sp³-hybridized carbons (Fsp3) is 0.350. The Morgan fingerprint density at radius 2 is 1.97 bits per heavy atom. The second-order valence-corrected chi connectivity index (χ2v) is 9.07. The zero-order valence-corrected chi connectivity index (χ0v) is 20.4. The van der Waals surface area contributed by atoms with E-state index in [1.165, 1.54) is 12.1 Å². The van der Waals surface area contributed by atoms with Crippen LogP contribution >= 0.6 is 38.5 Å². The van der Waals surface area contributed by atoms with E-state index in [0.29, 0.717) is 36.4 Å². The number of anilines is 2. The monoisotopic (exact) mass is 629 g/mol. The lowest BCUT2D eigenvalue weighted by Gasteiger charge is -2.28. The molecule has 12 heteroatoms. The first kappa shape index (κ1) is 25.2. The maximum atomic E-state index is 14.6. The average Bonchev–Trinajstić information content (AvgIpc) is 2.76. The first-order valence-electron chi connectivity index (χ1n) is 9.56. The maximum absolute atomic E-state index is 14.6. The van der Waals surface area contributed by atoms with Crippen LogP contribution in [0, 0.1) is 21.0 Å². The lowest BCUT2D eigenvalue weighted by atomic mass is 10.1. The minimum atomic E-state index is -1.37. The highest BCUT2D eigenvalue weighted by molar-refractivity contribution is 14.1. The predicted molar refractivity (Wildman–Crippen MR) is 123 cm³/mol. The van der Waals surface area contributed by atoms with Gasteiger partial charge < -0.3 is 15.2 Å². The Bertz CT molecular complexity index is 980. The van der Waals surface area contributed by atoms with E-state index in [-0.39, 0.29) is 22.3 Å². The predicted octanol–water partition coefficient (Wildman–Crippen LogP) is 3.57. The van der Waals surface area contributed by atoms with Crippen molar-refractivity contribution in [2.45, 2.75) is 6.10 Å². The number of carbonyl (C=O) groups is 1. The van der Waals surface area contributed by atoms with Gasteiger partial charge >= 0.3 is 0 Å². The molecule has 3 N–H and O–H groups in total. The molecule has 1 aliphatic heterocycles. The minimum absolute atomic E-state index is 0.137. The van der Waals surface area contributed by atoms with Crippen molar-refractivity contribution < 1.29 is 32.6 Å². The van der Waals surface area contributed by atoms with Gasteiger partial charge in [0.05, 0.1) is 40.7 Å². The van der Waals surface area contributed by atoms with Crippen LogP contribution in [0.5, 0.6) is 0 Å². The number of morpholine rings is 1. The van der Waals surface area contributed by atoms with Crippen molar-refractivity contribution >= 4 is 55.8 Å². The number of halogens is 5. The molecule has 0 radical (unpaired) electrons. The van der Waals surface area contributed by atoms with E-state index in [2.05, 4.69) is 26.7 Å². The number of hydrogen-bond donors (Lipinski definition) is 3. The molecule has 0 spiro atoms. The summed E-state index contributed by atoms with van der Waals surface area (Å²) >= 11 is 4.77. The van der Waals surface area contributed by atoms with E-state index in [9.17, 15) is 23.1 Å². The first-order chi connectivity index (χ1) is 15.3. The lowest BCUT2D eigenvalue weighted by molar-refractivity contribution is -0.0362. The Balaban J connectivity index is 1.69. The van der Waals surface area contributed by atoms with E-state index in [4.69, 9.17) is 9.57 Å². The van der Waals surface area contributed by atoms with Crippen molar-refractivity contribution in [3.05, 3.63) is 55.3 Å². The molecule has 7 nitrogen and oxygen atoms in total. The number of rotatable bonds is 8. The lowest BCUT2D eigenvalue weighted by Crippen LogP contribution is -2.42. The molecule has 1 unspecified atom stereocenters. The highest BCUT2D eigenvalue weighted by Crippen LogP contribution is 2.32. The molecule has 0 aliphatic carbocycles. The second-order valence-electron chi connectivity index (χ2n) is 6.97. The van der Waals surface area contributed by atoms with Crippen molar-refractivity contribution in [1.29, 1.82) is 0 Å². The Labute approximate surface area is 204 Å². The number of ether oxygens (including phenoxy) is 1. The van der Waals surface area contributed by atoms with Gasteiger partial charge in [-0.15, -0.1) is 0 Å². The third-order valence-electron chi connectivity index (χ3n) is 4.61. The molecular formula is C20H20BrF3IN3O4. The topological polar surface area (TPSA) is 83.1 Å². The SMILES string of the molecule is O=C(NOCC(O)CN1CCOCC1)c1cc(Br)c(F)c(F)c1Nc1ccc(I)cc1F. The number of β-amino-alcohol motifs (C(OH)–C–C–N with tert-alkyl or cyclic N) is 1. The third kappa shape index (κ3) is 6.54. The summed E-state index contributed by atoms with van der Waals surface area (Å²) in [7, 11) is 0. The number of aliphatic hydroxyl groups excluding tert-OH is 1. The summed E-state index contributed by atoms with van der Waals surface area (Å²) in [5, 5.41) is 12.5. The number of aliphatic hydroxyl groups is 1. The van der Waals surface area contributed by atoms with Gasteiger partial charge in [0.25, 0.3) is 5.91 Å². The molecule has 1 fully saturated rings. The highest BCUT2D eigenvalue weighted by Gasteiger charge is 2.23. The molecule has 1 amide bonds. The smallest absolute Gasteiger partial charge is 0.277 e. The van der Waals surface area contributed by atoms with E-state index in [1.807, 2.05) is 27.5 Å². The van der Waals surface area contributed by atoms with Crippen LogP contribution in [0.25, 0.3) is 0 Å². The summed E-state index contributed by atoms with van der Waals surface area (Å²) in [6, 6.07) is 5.16. The van der Waals surface area contributed by atoms with Gasteiger partial charge in [-0.1, -0.05) is 0 Å². The number of nitrogens with one attached hydrogen (secondary N) is 2. The van der Waals surface area contributed by atoms with Crippen LogP contribution in [-0.4, -0.2) is 61.5 Å². The van der Waals surface area contributed by atoms with E-state index < -0.39 is 35.2 Å². The molecule has 1 aliphatic rings. The third-order valence-corrected chi connectivity index (χ3v) is 5.86. The summed E-state index contributed by atoms with van der Waals surface area (Å²) in [4.78, 5) is 19.6. The zero-order chi connectivity index (χ0) is 23.3. The minimum Gasteiger partial charge on any atom is -0.389 e. The van der Waals surface area contributed by atoms with Gasteiger partial charge in [0.15, 0.2) is 11.6 Å². The summed E-state index contributed by atoms with van der Waals surface area (Å²) in [5.74, 6) is -4.21. The zero-order valence-electron chi connectivity index (χ0n) is 16.6. The van der Waals surface area contributed by atoms with Gasteiger partial charge in [0.2, 0.25) is 0 Å². The Morgan fingerprint density at radius 1 is 1.25 bits per heavy atom. The van der Waals surface area contributed by atoms with Crippen molar-refractivity contribution in [2.24, 2.45) is 0 Å². The largest absolute Gasteiger partial charge is 0.389 e. The normalized spacial score (nSPS) is 15.4. The maximum Gasteiger partial charge on any atom is 0.277 e. The van der Waals surface area contributed by atoms with Crippen LogP contribution < -0.4 is 10.8 Å². The van der Waals surface area contributed by atoms with Gasteiger partial charge in [0, 0.05) is 23.2 Å². The number of benzene rings is 2. The summed E-state index contributed by atoms with van der Waals surface area (Å²) in [6.45, 7) is 2.61. The number of amides is 1. The molecule has 2 aromatic carbocycles. The molecular weight excluding hydrogens is 610 g/mol. The van der Waals surface area contributed by atoms with Crippen molar-refractivity contribution in [2.75, 3.05) is 44.8 Å². The molecule has 174 valence electrons.